The first-order chi connectivity index (χ1) is 14.0. The van der Waals surface area contributed by atoms with E-state index in [1.54, 1.807) is 0 Å². The Morgan fingerprint density at radius 3 is 2.48 bits per heavy atom. The highest BCUT2D eigenvalue weighted by atomic mass is 35.5. The maximum absolute atomic E-state index is 12.3. The molecule has 1 fully saturated rings. The van der Waals surface area contributed by atoms with Crippen molar-refractivity contribution in [3.05, 3.63) is 70.4 Å². The van der Waals surface area contributed by atoms with Crippen LogP contribution in [-0.2, 0) is 13.1 Å². The van der Waals surface area contributed by atoms with Gasteiger partial charge in [-0.05, 0) is 55.4 Å². The Labute approximate surface area is 176 Å². The summed E-state index contributed by atoms with van der Waals surface area (Å²) in [7, 11) is 0. The van der Waals surface area contributed by atoms with Gasteiger partial charge in [-0.2, -0.15) is 0 Å². The number of aromatic carboxylic acids is 1. The summed E-state index contributed by atoms with van der Waals surface area (Å²) < 4.78 is 1.92. The van der Waals surface area contributed by atoms with Gasteiger partial charge < -0.3 is 15.0 Å². The number of halogens is 1. The van der Waals surface area contributed by atoms with Crippen LogP contribution in [0.4, 0.5) is 0 Å². The molecule has 0 aliphatic heterocycles. The van der Waals surface area contributed by atoms with Gasteiger partial charge in [0.1, 0.15) is 5.69 Å². The maximum atomic E-state index is 12.3. The van der Waals surface area contributed by atoms with Gasteiger partial charge in [0.15, 0.2) is 0 Å². The van der Waals surface area contributed by atoms with Gasteiger partial charge in [-0.1, -0.05) is 48.9 Å². The van der Waals surface area contributed by atoms with Crippen LogP contribution in [-0.4, -0.2) is 21.7 Å². The normalized spacial score (nSPS) is 19.5. The van der Waals surface area contributed by atoms with E-state index in [1.165, 1.54) is 12.8 Å². The summed E-state index contributed by atoms with van der Waals surface area (Å²) in [6.07, 6.45) is 4.80. The molecular weight excluding hydrogens is 384 g/mol. The van der Waals surface area contributed by atoms with Gasteiger partial charge in [0.2, 0.25) is 0 Å². The summed E-state index contributed by atoms with van der Waals surface area (Å²) in [5.74, 6) is -0.0897. The summed E-state index contributed by atoms with van der Waals surface area (Å²) in [5.41, 5.74) is 3.23. The topological polar surface area (TPSA) is 54.3 Å². The Morgan fingerprint density at radius 2 is 1.79 bits per heavy atom. The number of hydrogen-bond donors (Lipinski definition) is 2. The Morgan fingerprint density at radius 1 is 1.10 bits per heavy atom. The summed E-state index contributed by atoms with van der Waals surface area (Å²) in [6.45, 7) is 3.39. The SMILES string of the molecule is CC1CCC(NCc2c(C(=O)O)n(Cc3ccc(Cl)cc3)c3ccccc23)CC1. The van der Waals surface area contributed by atoms with E-state index >= 15 is 0 Å². The van der Waals surface area contributed by atoms with Crippen LogP contribution in [0.25, 0.3) is 10.9 Å². The van der Waals surface area contributed by atoms with E-state index in [0.717, 1.165) is 40.8 Å². The van der Waals surface area contributed by atoms with E-state index in [4.69, 9.17) is 11.6 Å². The molecule has 0 amide bonds. The largest absolute Gasteiger partial charge is 0.477 e. The second kappa shape index (κ2) is 8.60. The molecule has 2 N–H and O–H groups in total. The molecule has 1 saturated carbocycles. The van der Waals surface area contributed by atoms with Crippen LogP contribution in [0.15, 0.2) is 48.5 Å². The minimum Gasteiger partial charge on any atom is -0.477 e. The van der Waals surface area contributed by atoms with E-state index < -0.39 is 5.97 Å². The zero-order chi connectivity index (χ0) is 20.4. The number of benzene rings is 2. The minimum atomic E-state index is -0.885. The van der Waals surface area contributed by atoms with Crippen molar-refractivity contribution in [2.45, 2.75) is 51.7 Å². The molecule has 2 aromatic carbocycles. The molecule has 0 atom stereocenters. The standard InChI is InChI=1S/C24H27ClN2O2/c1-16-6-12-19(13-7-16)26-14-21-20-4-2-3-5-22(20)27(23(21)24(28)29)15-17-8-10-18(25)11-9-17/h2-5,8-11,16,19,26H,6-7,12-15H2,1H3,(H,28,29). The number of rotatable bonds is 6. The molecule has 1 aromatic heterocycles. The average Bonchev–Trinajstić information content (AvgIpc) is 3.03. The Balaban J connectivity index is 1.68. The predicted molar refractivity (Wildman–Crippen MR) is 118 cm³/mol. The summed E-state index contributed by atoms with van der Waals surface area (Å²) >= 11 is 6.01. The molecule has 3 aromatic rings. The van der Waals surface area contributed by atoms with Gasteiger partial charge in [-0.15, -0.1) is 0 Å². The number of hydrogen-bond acceptors (Lipinski definition) is 2. The molecule has 0 bridgehead atoms. The second-order valence-electron chi connectivity index (χ2n) is 8.20. The number of nitrogens with one attached hydrogen (secondary N) is 1. The number of nitrogens with zero attached hydrogens (tertiary/aromatic N) is 1. The van der Waals surface area contributed by atoms with E-state index in [2.05, 4.69) is 12.2 Å². The Kier molecular flexibility index (Phi) is 5.93. The smallest absolute Gasteiger partial charge is 0.352 e. The summed E-state index contributed by atoms with van der Waals surface area (Å²) in [6, 6.07) is 16.0. The van der Waals surface area contributed by atoms with Crippen molar-refractivity contribution in [2.75, 3.05) is 0 Å². The highest BCUT2D eigenvalue weighted by molar-refractivity contribution is 6.30. The van der Waals surface area contributed by atoms with Crippen LogP contribution in [0.2, 0.25) is 5.02 Å². The first-order valence-corrected chi connectivity index (χ1v) is 10.7. The molecule has 0 unspecified atom stereocenters. The molecule has 4 rings (SSSR count). The predicted octanol–water partition coefficient (Wildman–Crippen LogP) is 5.71. The van der Waals surface area contributed by atoms with Crippen LogP contribution in [0.5, 0.6) is 0 Å². The fraction of sp³-hybridized carbons (Fsp3) is 0.375. The fourth-order valence-corrected chi connectivity index (χ4v) is 4.57. The third-order valence-electron chi connectivity index (χ3n) is 6.12. The van der Waals surface area contributed by atoms with Crippen LogP contribution in [0.1, 0.15) is 54.2 Å². The first-order valence-electron chi connectivity index (χ1n) is 10.3. The first kappa shape index (κ1) is 20.0. The Hall–Kier alpha value is -2.30. The quantitative estimate of drug-likeness (QED) is 0.547. The number of fused-ring (bicyclic) bond motifs is 1. The molecule has 1 heterocycles. The summed E-state index contributed by atoms with van der Waals surface area (Å²) in [5, 5.41) is 15.4. The van der Waals surface area contributed by atoms with Crippen molar-refractivity contribution >= 4 is 28.5 Å². The zero-order valence-corrected chi connectivity index (χ0v) is 17.5. The van der Waals surface area contributed by atoms with Crippen molar-refractivity contribution in [3.8, 4) is 0 Å². The van der Waals surface area contributed by atoms with Crippen molar-refractivity contribution in [2.24, 2.45) is 5.92 Å². The average molecular weight is 411 g/mol. The lowest BCUT2D eigenvalue weighted by Gasteiger charge is -2.27. The van der Waals surface area contributed by atoms with E-state index in [0.29, 0.717) is 29.8 Å². The molecule has 29 heavy (non-hydrogen) atoms. The number of aromatic nitrogens is 1. The van der Waals surface area contributed by atoms with Gasteiger partial charge in [-0.3, -0.25) is 0 Å². The van der Waals surface area contributed by atoms with Crippen LogP contribution < -0.4 is 5.32 Å². The number of carboxylic acids is 1. The molecule has 0 spiro atoms. The van der Waals surface area contributed by atoms with Gasteiger partial charge in [0.05, 0.1) is 0 Å². The van der Waals surface area contributed by atoms with Gasteiger partial charge in [0.25, 0.3) is 0 Å². The maximum Gasteiger partial charge on any atom is 0.352 e. The van der Waals surface area contributed by atoms with E-state index in [1.807, 2.05) is 53.1 Å². The van der Waals surface area contributed by atoms with Gasteiger partial charge in [0, 0.05) is 40.6 Å². The molecule has 1 aliphatic rings. The second-order valence-corrected chi connectivity index (χ2v) is 8.64. The molecule has 1 aliphatic carbocycles. The van der Waals surface area contributed by atoms with E-state index in [9.17, 15) is 9.90 Å². The summed E-state index contributed by atoms with van der Waals surface area (Å²) in [4.78, 5) is 12.3. The fourth-order valence-electron chi connectivity index (χ4n) is 4.45. The van der Waals surface area contributed by atoms with Crippen LogP contribution >= 0.6 is 11.6 Å². The molecule has 152 valence electrons. The lowest BCUT2D eigenvalue weighted by Crippen LogP contribution is -2.32. The van der Waals surface area contributed by atoms with Crippen molar-refractivity contribution in [3.63, 3.8) is 0 Å². The third-order valence-corrected chi connectivity index (χ3v) is 6.37. The monoisotopic (exact) mass is 410 g/mol. The van der Waals surface area contributed by atoms with Crippen molar-refractivity contribution in [1.29, 1.82) is 0 Å². The van der Waals surface area contributed by atoms with Crippen LogP contribution in [0, 0.1) is 5.92 Å². The van der Waals surface area contributed by atoms with Crippen molar-refractivity contribution in [1.82, 2.24) is 9.88 Å². The molecule has 5 heteroatoms. The lowest BCUT2D eigenvalue weighted by atomic mass is 9.87. The molecule has 4 nitrogen and oxygen atoms in total. The van der Waals surface area contributed by atoms with Gasteiger partial charge >= 0.3 is 5.97 Å². The molecular formula is C24H27ClN2O2. The molecule has 0 radical (unpaired) electrons. The van der Waals surface area contributed by atoms with Gasteiger partial charge in [-0.25, -0.2) is 4.79 Å². The number of carbonyl (C=O) groups is 1. The van der Waals surface area contributed by atoms with Crippen LogP contribution in [0.3, 0.4) is 0 Å². The van der Waals surface area contributed by atoms with E-state index in [-0.39, 0.29) is 0 Å². The number of para-hydroxylation sites is 1. The third kappa shape index (κ3) is 4.34. The highest BCUT2D eigenvalue weighted by Gasteiger charge is 2.24. The zero-order valence-electron chi connectivity index (χ0n) is 16.7. The minimum absolute atomic E-state index is 0.373. The van der Waals surface area contributed by atoms with Crippen molar-refractivity contribution < 1.29 is 9.90 Å². The lowest BCUT2D eigenvalue weighted by molar-refractivity contribution is 0.0684. The highest BCUT2D eigenvalue weighted by Crippen LogP contribution is 2.29. The number of carboxylic acid groups (broad SMARTS) is 1. The Bertz CT molecular complexity index is 1000. The molecule has 0 saturated heterocycles.